The second-order valence-electron chi connectivity index (χ2n) is 7.66. The first kappa shape index (κ1) is 19.8. The van der Waals surface area contributed by atoms with Gasteiger partial charge in [-0.15, -0.1) is 5.10 Å². The minimum atomic E-state index is 0.281. The van der Waals surface area contributed by atoms with Crippen molar-refractivity contribution < 1.29 is 4.42 Å². The van der Waals surface area contributed by atoms with Crippen molar-refractivity contribution in [3.05, 3.63) is 53.0 Å². The zero-order chi connectivity index (χ0) is 21.4. The van der Waals surface area contributed by atoms with Crippen LogP contribution in [0.25, 0.3) is 17.2 Å². The van der Waals surface area contributed by atoms with E-state index in [1.54, 1.807) is 10.8 Å². The Kier molecular flexibility index (Phi) is 5.21. The fourth-order valence-electron chi connectivity index (χ4n) is 4.21. The molecule has 1 atom stereocenters. The van der Waals surface area contributed by atoms with Crippen molar-refractivity contribution in [3.63, 3.8) is 0 Å². The number of fused-ring (bicyclic) bond motifs is 1. The number of hydrogen-bond acceptors (Lipinski definition) is 8. The summed E-state index contributed by atoms with van der Waals surface area (Å²) in [4.78, 5) is 16.0. The van der Waals surface area contributed by atoms with Gasteiger partial charge in [-0.1, -0.05) is 17.7 Å². The van der Waals surface area contributed by atoms with E-state index < -0.39 is 0 Å². The Morgan fingerprint density at radius 3 is 2.94 bits per heavy atom. The number of likely N-dealkylation sites (tertiary alicyclic amines) is 1. The molecule has 0 aliphatic carbocycles. The molecule has 0 saturated carbocycles. The summed E-state index contributed by atoms with van der Waals surface area (Å²) in [6, 6.07) is 7.85. The highest BCUT2D eigenvalue weighted by atomic mass is 35.5. The molecule has 4 aromatic rings. The summed E-state index contributed by atoms with van der Waals surface area (Å²) >= 11 is 5.93. The van der Waals surface area contributed by atoms with Gasteiger partial charge in [0.15, 0.2) is 11.4 Å². The Labute approximate surface area is 184 Å². The molecule has 0 spiro atoms. The first-order valence-electron chi connectivity index (χ1n) is 10.2. The highest BCUT2D eigenvalue weighted by Gasteiger charge is 2.28. The molecule has 0 radical (unpaired) electrons. The number of halogens is 1. The van der Waals surface area contributed by atoms with Crippen LogP contribution in [0.1, 0.15) is 24.0 Å². The third-order valence-electron chi connectivity index (χ3n) is 5.70. The molecule has 0 bridgehead atoms. The van der Waals surface area contributed by atoms with Crippen LogP contribution in [0.15, 0.2) is 41.1 Å². The minimum Gasteiger partial charge on any atom is -0.461 e. The third-order valence-corrected chi connectivity index (χ3v) is 5.92. The smallest absolute Gasteiger partial charge is 0.225 e. The first-order valence-corrected chi connectivity index (χ1v) is 10.6. The molecule has 1 fully saturated rings. The Balaban J connectivity index is 1.48. The minimum absolute atomic E-state index is 0.281. The quantitative estimate of drug-likeness (QED) is 0.441. The van der Waals surface area contributed by atoms with Crippen LogP contribution < -0.4 is 11.1 Å². The fraction of sp³-hybridized carbons (Fsp3) is 0.333. The second-order valence-corrected chi connectivity index (χ2v) is 8.04. The van der Waals surface area contributed by atoms with Gasteiger partial charge in [0.25, 0.3) is 0 Å². The number of pyridine rings is 1. The van der Waals surface area contributed by atoms with Crippen LogP contribution in [-0.4, -0.2) is 49.1 Å². The number of furan rings is 1. The topological polar surface area (TPSA) is 110 Å². The molecular weight excluding hydrogens is 416 g/mol. The van der Waals surface area contributed by atoms with Gasteiger partial charge in [-0.2, -0.15) is 9.50 Å². The highest BCUT2D eigenvalue weighted by Crippen LogP contribution is 2.29. The summed E-state index contributed by atoms with van der Waals surface area (Å²) in [6.45, 7) is 1.86. The molecule has 0 aromatic carbocycles. The lowest BCUT2D eigenvalue weighted by molar-refractivity contribution is 0.244. The van der Waals surface area contributed by atoms with Gasteiger partial charge in [0.1, 0.15) is 11.0 Å². The summed E-state index contributed by atoms with van der Waals surface area (Å²) < 4.78 is 7.07. The molecule has 4 aromatic heterocycles. The van der Waals surface area contributed by atoms with E-state index in [0.29, 0.717) is 28.4 Å². The van der Waals surface area contributed by atoms with Gasteiger partial charge in [-0.3, -0.25) is 4.90 Å². The van der Waals surface area contributed by atoms with E-state index in [4.69, 9.17) is 26.7 Å². The number of rotatable bonds is 6. The van der Waals surface area contributed by atoms with Crippen LogP contribution in [0.5, 0.6) is 0 Å². The van der Waals surface area contributed by atoms with Crippen molar-refractivity contribution in [1.82, 2.24) is 29.5 Å². The largest absolute Gasteiger partial charge is 0.461 e. The molecule has 1 aliphatic heterocycles. The number of nitrogens with two attached hydrogens (primary N) is 1. The molecule has 1 aliphatic rings. The number of anilines is 2. The Morgan fingerprint density at radius 1 is 1.29 bits per heavy atom. The van der Waals surface area contributed by atoms with E-state index in [1.165, 1.54) is 0 Å². The van der Waals surface area contributed by atoms with Crippen molar-refractivity contribution in [1.29, 1.82) is 0 Å². The second kappa shape index (κ2) is 8.16. The van der Waals surface area contributed by atoms with Crippen LogP contribution in [0.3, 0.4) is 0 Å². The van der Waals surface area contributed by atoms with Crippen molar-refractivity contribution >= 4 is 29.0 Å². The molecule has 5 rings (SSSR count). The van der Waals surface area contributed by atoms with Crippen molar-refractivity contribution in [3.8, 4) is 11.6 Å². The average molecular weight is 439 g/mol. The Bertz CT molecular complexity index is 1190. The Morgan fingerprint density at radius 2 is 2.19 bits per heavy atom. The first-order chi connectivity index (χ1) is 15.1. The summed E-state index contributed by atoms with van der Waals surface area (Å²) in [7, 11) is 1.84. The number of hydrogen-bond donors (Lipinski definition) is 2. The summed E-state index contributed by atoms with van der Waals surface area (Å²) in [5, 5.41) is 8.21. The molecule has 9 nitrogen and oxygen atoms in total. The number of aromatic nitrogens is 5. The van der Waals surface area contributed by atoms with E-state index in [9.17, 15) is 0 Å². The lowest BCUT2D eigenvalue weighted by Gasteiger charge is -2.25. The molecule has 1 unspecified atom stereocenters. The monoisotopic (exact) mass is 438 g/mol. The van der Waals surface area contributed by atoms with E-state index in [0.717, 1.165) is 49.3 Å². The van der Waals surface area contributed by atoms with Gasteiger partial charge < -0.3 is 15.5 Å². The van der Waals surface area contributed by atoms with E-state index >= 15 is 0 Å². The van der Waals surface area contributed by atoms with Gasteiger partial charge in [-0.05, 0) is 49.6 Å². The van der Waals surface area contributed by atoms with Crippen molar-refractivity contribution in [2.75, 3.05) is 24.6 Å². The van der Waals surface area contributed by atoms with Crippen LogP contribution in [0.2, 0.25) is 5.15 Å². The van der Waals surface area contributed by atoms with Gasteiger partial charge in [0.2, 0.25) is 11.8 Å². The standard InChI is InChI=1S/C21H23ClN8O/c1-24-18-15(10-14-4-2-8-29(14)12-13-6-7-17(22)25-11-13)20-26-19(16-5-3-9-31-16)28-30(20)21(23)27-18/h3,5-7,9,11,14,24H,2,4,8,10,12H2,1H3,(H2,23,27). The van der Waals surface area contributed by atoms with Crippen LogP contribution in [0.4, 0.5) is 11.8 Å². The molecule has 5 heterocycles. The molecule has 10 heteroatoms. The van der Waals surface area contributed by atoms with Crippen molar-refractivity contribution in [2.45, 2.75) is 31.8 Å². The highest BCUT2D eigenvalue weighted by molar-refractivity contribution is 6.29. The Hall–Kier alpha value is -3.17. The van der Waals surface area contributed by atoms with Crippen LogP contribution in [-0.2, 0) is 13.0 Å². The van der Waals surface area contributed by atoms with Gasteiger partial charge in [0, 0.05) is 31.4 Å². The predicted molar refractivity (Wildman–Crippen MR) is 119 cm³/mol. The van der Waals surface area contributed by atoms with Gasteiger partial charge in [-0.25, -0.2) is 9.97 Å². The number of nitrogen functional groups attached to an aromatic ring is 1. The van der Waals surface area contributed by atoms with E-state index in [-0.39, 0.29) is 5.95 Å². The summed E-state index contributed by atoms with van der Waals surface area (Å²) in [5.74, 6) is 2.09. The summed E-state index contributed by atoms with van der Waals surface area (Å²) in [6.07, 6.45) is 6.46. The predicted octanol–water partition coefficient (Wildman–Crippen LogP) is 3.26. The maximum atomic E-state index is 6.17. The lowest BCUT2D eigenvalue weighted by Crippen LogP contribution is -2.31. The molecule has 1 saturated heterocycles. The van der Waals surface area contributed by atoms with Crippen LogP contribution >= 0.6 is 11.6 Å². The SMILES string of the molecule is CNc1nc(N)n2nc(-c3ccco3)nc2c1CC1CCCN1Cc1ccc(Cl)nc1. The molecule has 31 heavy (non-hydrogen) atoms. The van der Waals surface area contributed by atoms with Crippen LogP contribution in [0, 0.1) is 0 Å². The molecule has 0 amide bonds. The zero-order valence-corrected chi connectivity index (χ0v) is 17.9. The lowest BCUT2D eigenvalue weighted by atomic mass is 10.0. The number of nitrogens with one attached hydrogen (secondary N) is 1. The van der Waals surface area contributed by atoms with E-state index in [2.05, 4.69) is 25.3 Å². The average Bonchev–Trinajstić information content (AvgIpc) is 3.52. The molecule has 160 valence electrons. The zero-order valence-electron chi connectivity index (χ0n) is 17.1. The maximum absolute atomic E-state index is 6.17. The third kappa shape index (κ3) is 3.82. The van der Waals surface area contributed by atoms with Gasteiger partial charge >= 0.3 is 0 Å². The molecular formula is C21H23ClN8O. The normalized spacial score (nSPS) is 16.9. The summed E-state index contributed by atoms with van der Waals surface area (Å²) in [5.41, 5.74) is 9.01. The maximum Gasteiger partial charge on any atom is 0.225 e. The number of nitrogens with zero attached hydrogens (tertiary/aromatic N) is 6. The molecule has 3 N–H and O–H groups in total. The van der Waals surface area contributed by atoms with Gasteiger partial charge in [0.05, 0.1) is 6.26 Å². The fourth-order valence-corrected chi connectivity index (χ4v) is 4.32. The van der Waals surface area contributed by atoms with Crippen molar-refractivity contribution in [2.24, 2.45) is 0 Å². The van der Waals surface area contributed by atoms with E-state index in [1.807, 2.05) is 37.5 Å².